The fourth-order valence-corrected chi connectivity index (χ4v) is 11.3. The summed E-state index contributed by atoms with van der Waals surface area (Å²) in [7, 11) is 2.55. The number of nitrogens with one attached hydrogen (secondary N) is 4. The van der Waals surface area contributed by atoms with E-state index in [9.17, 15) is 19.2 Å². The first kappa shape index (κ1) is 48.2. The van der Waals surface area contributed by atoms with Gasteiger partial charge in [-0.2, -0.15) is 0 Å². The molecular formula is C54H58FN9O7S. The van der Waals surface area contributed by atoms with Gasteiger partial charge in [-0.1, -0.05) is 63.6 Å². The van der Waals surface area contributed by atoms with Gasteiger partial charge in [0.1, 0.15) is 35.3 Å². The number of hydrogen-bond donors (Lipinski definition) is 4. The number of rotatable bonds is 12. The quantitative estimate of drug-likeness (QED) is 0.0924. The molecular weight excluding hydrogens is 938 g/mol. The van der Waals surface area contributed by atoms with Crippen molar-refractivity contribution in [2.45, 2.75) is 84.2 Å². The van der Waals surface area contributed by atoms with Crippen LogP contribution in [-0.4, -0.2) is 104 Å². The van der Waals surface area contributed by atoms with Gasteiger partial charge in [-0.05, 0) is 86.1 Å². The number of amides is 4. The number of likely N-dealkylation sites (tertiary alicyclic amines) is 2. The summed E-state index contributed by atoms with van der Waals surface area (Å²) in [6, 6.07) is 22.3. The first-order valence-electron chi connectivity index (χ1n) is 24.4. The molecule has 7 heterocycles. The van der Waals surface area contributed by atoms with Gasteiger partial charge in [0, 0.05) is 46.9 Å². The number of carbonyl (C=O) groups excluding carboxylic acids is 4. The van der Waals surface area contributed by atoms with E-state index in [0.717, 1.165) is 50.3 Å². The van der Waals surface area contributed by atoms with Crippen molar-refractivity contribution in [3.8, 4) is 50.0 Å². The third-order valence-corrected chi connectivity index (χ3v) is 15.3. The summed E-state index contributed by atoms with van der Waals surface area (Å²) >= 11 is 1.63. The Balaban J connectivity index is 0.964. The Labute approximate surface area is 420 Å². The van der Waals surface area contributed by atoms with E-state index in [-0.39, 0.29) is 35.6 Å². The first-order chi connectivity index (χ1) is 34.7. The Bertz CT molecular complexity index is 3190. The molecule has 2 saturated heterocycles. The molecule has 374 valence electrons. The van der Waals surface area contributed by atoms with Crippen LogP contribution in [0.1, 0.15) is 87.2 Å². The highest BCUT2D eigenvalue weighted by Crippen LogP contribution is 2.49. The molecule has 18 heteroatoms. The summed E-state index contributed by atoms with van der Waals surface area (Å²) in [6.07, 6.45) is 3.70. The lowest BCUT2D eigenvalue weighted by Crippen LogP contribution is -2.51. The average molecular weight is 996 g/mol. The monoisotopic (exact) mass is 995 g/mol. The molecule has 2 fully saturated rings. The Morgan fingerprint density at radius 3 is 2.15 bits per heavy atom. The van der Waals surface area contributed by atoms with E-state index in [4.69, 9.17) is 24.2 Å². The molecule has 7 aromatic rings. The number of aromatic nitrogens is 5. The number of aromatic amines is 2. The van der Waals surface area contributed by atoms with Gasteiger partial charge in [-0.15, -0.1) is 11.3 Å². The molecule has 3 aromatic carbocycles. The maximum atomic E-state index is 17.0. The number of benzene rings is 3. The van der Waals surface area contributed by atoms with Crippen molar-refractivity contribution in [1.82, 2.24) is 44.9 Å². The van der Waals surface area contributed by atoms with Crippen LogP contribution in [0.2, 0.25) is 0 Å². The minimum absolute atomic E-state index is 0.0897. The molecule has 72 heavy (non-hydrogen) atoms. The molecule has 10 rings (SSSR count). The van der Waals surface area contributed by atoms with Crippen molar-refractivity contribution in [2.75, 3.05) is 33.9 Å². The van der Waals surface area contributed by atoms with Gasteiger partial charge in [0.2, 0.25) is 18.0 Å². The van der Waals surface area contributed by atoms with Gasteiger partial charge in [-0.25, -0.2) is 23.9 Å². The van der Waals surface area contributed by atoms with E-state index in [1.165, 1.54) is 25.8 Å². The highest BCUT2D eigenvalue weighted by molar-refractivity contribution is 7.15. The lowest BCUT2D eigenvalue weighted by atomic mass is 10.0. The second-order valence-corrected chi connectivity index (χ2v) is 20.7. The zero-order valence-corrected chi connectivity index (χ0v) is 42.1. The maximum absolute atomic E-state index is 17.0. The fourth-order valence-electron chi connectivity index (χ4n) is 10.3. The van der Waals surface area contributed by atoms with Crippen LogP contribution in [0.4, 0.5) is 14.0 Å². The highest BCUT2D eigenvalue weighted by Gasteiger charge is 2.39. The number of imidazole rings is 2. The Morgan fingerprint density at radius 1 is 0.778 bits per heavy atom. The number of thiophene rings is 1. The van der Waals surface area contributed by atoms with Crippen LogP contribution in [0.25, 0.3) is 55.1 Å². The zero-order valence-electron chi connectivity index (χ0n) is 41.2. The molecule has 0 spiro atoms. The molecule has 4 aromatic heterocycles. The fraction of sp³-hybridized carbons (Fsp3) is 0.370. The van der Waals surface area contributed by atoms with Gasteiger partial charge < -0.3 is 44.6 Å². The van der Waals surface area contributed by atoms with Gasteiger partial charge in [0.15, 0.2) is 0 Å². The van der Waals surface area contributed by atoms with E-state index in [1.807, 2.05) is 52.0 Å². The van der Waals surface area contributed by atoms with Gasteiger partial charge in [0.25, 0.3) is 0 Å². The summed E-state index contributed by atoms with van der Waals surface area (Å²) in [5.41, 5.74) is 6.91. The predicted molar refractivity (Wildman–Crippen MR) is 272 cm³/mol. The highest BCUT2D eigenvalue weighted by atomic mass is 32.1. The molecule has 0 aliphatic carbocycles. The number of carbonyl (C=O) groups is 4. The summed E-state index contributed by atoms with van der Waals surface area (Å²) in [5.74, 6) is 0.517. The van der Waals surface area contributed by atoms with Crippen molar-refractivity contribution < 1.29 is 37.8 Å². The van der Waals surface area contributed by atoms with Crippen LogP contribution >= 0.6 is 11.3 Å². The number of H-pyrrole nitrogens is 2. The Kier molecular flexibility index (Phi) is 13.1. The molecule has 3 aliphatic rings. The van der Waals surface area contributed by atoms with Crippen molar-refractivity contribution in [3.63, 3.8) is 0 Å². The normalized spacial score (nSPS) is 18.2. The number of fused-ring (bicyclic) bond motifs is 5. The third kappa shape index (κ3) is 9.07. The predicted octanol–water partition coefficient (Wildman–Crippen LogP) is 9.94. The smallest absolute Gasteiger partial charge is 0.407 e. The Hall–Kier alpha value is -7.47. The third-order valence-electron chi connectivity index (χ3n) is 14.2. The molecule has 1 unspecified atom stereocenters. The molecule has 3 aliphatic heterocycles. The van der Waals surface area contributed by atoms with Crippen molar-refractivity contribution >= 4 is 46.2 Å². The van der Waals surface area contributed by atoms with E-state index in [2.05, 4.69) is 74.6 Å². The second kappa shape index (κ2) is 19.6. The van der Waals surface area contributed by atoms with E-state index in [0.29, 0.717) is 66.0 Å². The number of nitrogens with zero attached hydrogens (tertiary/aromatic N) is 5. The van der Waals surface area contributed by atoms with Crippen LogP contribution in [0.15, 0.2) is 85.2 Å². The van der Waals surface area contributed by atoms with Crippen molar-refractivity contribution in [1.29, 1.82) is 0 Å². The molecule has 4 N–H and O–H groups in total. The molecule has 4 amide bonds. The van der Waals surface area contributed by atoms with Crippen LogP contribution in [0, 0.1) is 24.6 Å². The molecule has 16 nitrogen and oxygen atoms in total. The van der Waals surface area contributed by atoms with Gasteiger partial charge >= 0.3 is 12.2 Å². The van der Waals surface area contributed by atoms with Crippen molar-refractivity contribution in [2.24, 2.45) is 11.8 Å². The van der Waals surface area contributed by atoms with Gasteiger partial charge in [-0.3, -0.25) is 14.2 Å². The average Bonchev–Trinajstić information content (AvgIpc) is 4.24. The molecule has 0 saturated carbocycles. The van der Waals surface area contributed by atoms with Crippen LogP contribution < -0.4 is 15.4 Å². The number of ether oxygens (including phenoxy) is 3. The summed E-state index contributed by atoms with van der Waals surface area (Å²) in [4.78, 5) is 73.5. The SMILES string of the molecule is COC(=O)N[C@H](C(=O)N1CC[C@@H](c2ncc(-c3cc(F)c4c(c3)OC(c3ccc(-c5ccc(C)cc5)s3)n3c-4cc4cc(-c5cnc([C@@H]6CCCN6C(=O)[C@@H](NC(=O)OC)C(C)C)[nH]5)ccc43)[nH]2)C1)C(C)C. The Morgan fingerprint density at radius 2 is 1.44 bits per heavy atom. The number of hydrogen-bond acceptors (Lipinski definition) is 10. The largest absolute Gasteiger partial charge is 0.464 e. The standard InChI is InChI=1S/C54H58FN9O7S/c1-28(2)46(60-53(67)69-6)50(65)62-20-18-33(27-62)48-56-26-38(58-48)34-22-36(55)45-41-23-35-21-32(37-25-57-49(59-37)40-9-8-19-63(40)51(66)47(29(3)4)61-54(68)70-7)14-15-39(35)64(41)52(71-42(45)24-34)44-17-16-43(72-44)31-12-10-30(5)11-13-31/h10-17,21-26,28-29,33,40,46-47,52H,8-9,18-20,27H2,1-7H3,(H,56,58)(H,57,59)(H,60,67)(H,61,68)/t33-,40+,46+,47+,52?/m1/s1. The van der Waals surface area contributed by atoms with Gasteiger partial charge in [0.05, 0.1) is 65.7 Å². The lowest BCUT2D eigenvalue weighted by Gasteiger charge is -2.30. The number of alkyl carbamates (subject to hydrolysis) is 2. The van der Waals surface area contributed by atoms with Crippen LogP contribution in [0.5, 0.6) is 5.75 Å². The zero-order chi connectivity index (χ0) is 50.5. The molecule has 5 atom stereocenters. The molecule has 0 radical (unpaired) electrons. The van der Waals surface area contributed by atoms with E-state index in [1.54, 1.807) is 33.5 Å². The number of aryl methyl sites for hydroxylation is 1. The summed E-state index contributed by atoms with van der Waals surface area (Å²) < 4.78 is 35.6. The molecule has 0 bridgehead atoms. The maximum Gasteiger partial charge on any atom is 0.407 e. The second-order valence-electron chi connectivity index (χ2n) is 19.6. The van der Waals surface area contributed by atoms with Crippen LogP contribution in [-0.2, 0) is 19.1 Å². The topological polar surface area (TPSA) is 189 Å². The number of methoxy groups -OCH3 is 2. The van der Waals surface area contributed by atoms with E-state index >= 15 is 4.39 Å². The lowest BCUT2D eigenvalue weighted by molar-refractivity contribution is -0.135. The minimum Gasteiger partial charge on any atom is -0.464 e. The van der Waals surface area contributed by atoms with Crippen molar-refractivity contribution in [3.05, 3.63) is 113 Å². The van der Waals surface area contributed by atoms with E-state index < -0.39 is 36.3 Å². The first-order valence-corrected chi connectivity index (χ1v) is 25.2. The minimum atomic E-state index is -0.746. The van der Waals surface area contributed by atoms with Crippen LogP contribution in [0.3, 0.4) is 0 Å². The summed E-state index contributed by atoms with van der Waals surface area (Å²) in [6.45, 7) is 11.0. The summed E-state index contributed by atoms with van der Waals surface area (Å²) in [5, 5.41) is 6.25. The number of halogens is 1.